The molecule has 1 saturated carbocycles. The summed E-state index contributed by atoms with van der Waals surface area (Å²) < 4.78 is 0. The van der Waals surface area contributed by atoms with Crippen molar-refractivity contribution < 1.29 is 0 Å². The molecule has 1 aliphatic carbocycles. The highest BCUT2D eigenvalue weighted by Gasteiger charge is 2.52. The molecule has 3 rings (SSSR count). The molecule has 0 N–H and O–H groups in total. The lowest BCUT2D eigenvalue weighted by Gasteiger charge is -2.60. The molecule has 3 aliphatic rings. The highest BCUT2D eigenvalue weighted by molar-refractivity contribution is 5.04. The third-order valence-electron chi connectivity index (χ3n) is 8.46. The van der Waals surface area contributed by atoms with Crippen molar-refractivity contribution in [3.63, 3.8) is 0 Å². The summed E-state index contributed by atoms with van der Waals surface area (Å²) in [6.45, 7) is 16.5. The summed E-state index contributed by atoms with van der Waals surface area (Å²) >= 11 is 0. The number of nitrogens with zero attached hydrogens (tertiary/aromatic N) is 2. The van der Waals surface area contributed by atoms with Crippen LogP contribution in [0.15, 0.2) is 0 Å². The van der Waals surface area contributed by atoms with Gasteiger partial charge in [-0.25, -0.2) is 0 Å². The van der Waals surface area contributed by atoms with Gasteiger partial charge in [-0.3, -0.25) is 0 Å². The van der Waals surface area contributed by atoms with Crippen molar-refractivity contribution in [3.8, 4) is 0 Å². The fourth-order valence-corrected chi connectivity index (χ4v) is 6.77. The van der Waals surface area contributed by atoms with Crippen molar-refractivity contribution in [2.24, 2.45) is 23.2 Å². The number of fused-ring (bicyclic) bond motifs is 2. The van der Waals surface area contributed by atoms with Gasteiger partial charge in [0.1, 0.15) is 0 Å². The van der Waals surface area contributed by atoms with Crippen LogP contribution >= 0.6 is 0 Å². The predicted molar refractivity (Wildman–Crippen MR) is 118 cm³/mol. The summed E-state index contributed by atoms with van der Waals surface area (Å²) in [6.07, 6.45) is 16.1. The number of rotatable bonds is 9. The predicted octanol–water partition coefficient (Wildman–Crippen LogP) is 6.21. The first-order chi connectivity index (χ1) is 13.1. The molecule has 2 atom stereocenters. The van der Waals surface area contributed by atoms with Crippen LogP contribution in [0.1, 0.15) is 98.3 Å². The van der Waals surface area contributed by atoms with Gasteiger partial charge in [-0.1, -0.05) is 58.8 Å². The van der Waals surface area contributed by atoms with Gasteiger partial charge < -0.3 is 9.80 Å². The van der Waals surface area contributed by atoms with Crippen LogP contribution in [0.3, 0.4) is 0 Å². The van der Waals surface area contributed by atoms with E-state index in [-0.39, 0.29) is 0 Å². The molecule has 0 amide bonds. The third kappa shape index (κ3) is 5.10. The zero-order valence-electron chi connectivity index (χ0n) is 19.0. The van der Waals surface area contributed by atoms with Gasteiger partial charge in [0.05, 0.1) is 0 Å². The molecule has 27 heavy (non-hydrogen) atoms. The van der Waals surface area contributed by atoms with Gasteiger partial charge in [-0.05, 0) is 62.7 Å². The van der Waals surface area contributed by atoms with Crippen molar-refractivity contribution in [2.75, 3.05) is 32.7 Å². The van der Waals surface area contributed by atoms with E-state index < -0.39 is 0 Å². The van der Waals surface area contributed by atoms with Crippen molar-refractivity contribution in [1.29, 1.82) is 0 Å². The number of hydrogen-bond donors (Lipinski definition) is 0. The Morgan fingerprint density at radius 1 is 0.815 bits per heavy atom. The standard InChI is InChI=1S/C25H48N2/c1-5-7-14-25(15-8-6-2)23-17-26(16-22-12-10-9-11-13-22)18-24(25)20-27(19-23)21(3)4/h21-24H,5-20H2,1-4H3/t23-,24+. The normalized spacial score (nSPS) is 30.1. The summed E-state index contributed by atoms with van der Waals surface area (Å²) in [6, 6.07) is 0.718. The SMILES string of the molecule is CCCCC1(CCCC)[C@@H]2CN(CC3CCCCC3)C[C@H]1CN(C(C)C)C2. The maximum absolute atomic E-state index is 2.93. The van der Waals surface area contributed by atoms with E-state index in [1.807, 2.05) is 0 Å². The molecule has 0 radical (unpaired) electrons. The molecule has 0 aromatic carbocycles. The Hall–Kier alpha value is -0.0800. The van der Waals surface area contributed by atoms with E-state index in [1.54, 1.807) is 0 Å². The molecule has 2 heteroatoms. The van der Waals surface area contributed by atoms with Crippen LogP contribution in [0.25, 0.3) is 0 Å². The van der Waals surface area contributed by atoms with Gasteiger partial charge in [0.2, 0.25) is 0 Å². The van der Waals surface area contributed by atoms with E-state index >= 15 is 0 Å². The van der Waals surface area contributed by atoms with E-state index in [0.717, 1.165) is 23.8 Å². The lowest BCUT2D eigenvalue weighted by molar-refractivity contribution is -0.113. The first kappa shape index (κ1) is 21.6. The monoisotopic (exact) mass is 376 g/mol. The summed E-state index contributed by atoms with van der Waals surface area (Å²) in [5.74, 6) is 2.82. The van der Waals surface area contributed by atoms with E-state index in [2.05, 4.69) is 37.5 Å². The van der Waals surface area contributed by atoms with Crippen LogP contribution in [0.5, 0.6) is 0 Å². The molecule has 2 heterocycles. The highest BCUT2D eigenvalue weighted by Crippen LogP contribution is 2.52. The lowest BCUT2D eigenvalue weighted by atomic mass is 9.56. The van der Waals surface area contributed by atoms with E-state index in [9.17, 15) is 0 Å². The Morgan fingerprint density at radius 2 is 1.37 bits per heavy atom. The Morgan fingerprint density at radius 3 is 1.85 bits per heavy atom. The van der Waals surface area contributed by atoms with Gasteiger partial charge in [-0.2, -0.15) is 0 Å². The minimum Gasteiger partial charge on any atom is -0.302 e. The van der Waals surface area contributed by atoms with Crippen LogP contribution in [-0.4, -0.2) is 48.6 Å². The van der Waals surface area contributed by atoms with Crippen molar-refractivity contribution >= 4 is 0 Å². The molecule has 0 spiro atoms. The van der Waals surface area contributed by atoms with Crippen molar-refractivity contribution in [2.45, 2.75) is 104 Å². The van der Waals surface area contributed by atoms with Crippen molar-refractivity contribution in [1.82, 2.24) is 9.80 Å². The zero-order chi connectivity index (χ0) is 19.3. The molecule has 0 aromatic heterocycles. The second-order valence-electron chi connectivity index (χ2n) is 10.6. The summed E-state index contributed by atoms with van der Waals surface area (Å²) in [4.78, 5) is 5.75. The van der Waals surface area contributed by atoms with Crippen molar-refractivity contribution in [3.05, 3.63) is 0 Å². The Balaban J connectivity index is 1.74. The number of unbranched alkanes of at least 4 members (excludes halogenated alkanes) is 2. The second-order valence-corrected chi connectivity index (χ2v) is 10.6. The highest BCUT2D eigenvalue weighted by atomic mass is 15.2. The van der Waals surface area contributed by atoms with E-state index in [4.69, 9.17) is 0 Å². The van der Waals surface area contributed by atoms with E-state index in [0.29, 0.717) is 5.41 Å². The number of piperidine rings is 2. The van der Waals surface area contributed by atoms with Gasteiger partial charge in [0, 0.05) is 38.8 Å². The van der Waals surface area contributed by atoms with Crippen LogP contribution in [0, 0.1) is 23.2 Å². The molecule has 2 aliphatic heterocycles. The summed E-state index contributed by atoms with van der Waals surface area (Å²) in [5, 5.41) is 0. The molecule has 3 fully saturated rings. The molecular formula is C25H48N2. The molecule has 2 saturated heterocycles. The maximum atomic E-state index is 2.93. The molecule has 2 nitrogen and oxygen atoms in total. The van der Waals surface area contributed by atoms with Gasteiger partial charge in [-0.15, -0.1) is 0 Å². The average Bonchev–Trinajstić information content (AvgIpc) is 2.65. The van der Waals surface area contributed by atoms with Crippen LogP contribution < -0.4 is 0 Å². The minimum absolute atomic E-state index is 0.653. The molecule has 158 valence electrons. The number of hydrogen-bond acceptors (Lipinski definition) is 2. The Bertz CT molecular complexity index is 400. The quantitative estimate of drug-likeness (QED) is 0.472. The largest absolute Gasteiger partial charge is 0.302 e. The topological polar surface area (TPSA) is 6.48 Å². The summed E-state index contributed by atoms with van der Waals surface area (Å²) in [5.41, 5.74) is 0.653. The second kappa shape index (κ2) is 10.1. The van der Waals surface area contributed by atoms with Gasteiger partial charge in [0.25, 0.3) is 0 Å². The van der Waals surface area contributed by atoms with E-state index in [1.165, 1.54) is 103 Å². The first-order valence-electron chi connectivity index (χ1n) is 12.6. The Labute approximate surface area is 170 Å². The molecule has 0 unspecified atom stereocenters. The molecule has 2 bridgehead atoms. The fraction of sp³-hybridized carbons (Fsp3) is 1.00. The zero-order valence-corrected chi connectivity index (χ0v) is 19.0. The first-order valence-corrected chi connectivity index (χ1v) is 12.6. The molecule has 0 aromatic rings. The average molecular weight is 377 g/mol. The van der Waals surface area contributed by atoms with Gasteiger partial charge in [0.15, 0.2) is 0 Å². The maximum Gasteiger partial charge on any atom is 0.00388 e. The smallest absolute Gasteiger partial charge is 0.00388 e. The molecular weight excluding hydrogens is 328 g/mol. The lowest BCUT2D eigenvalue weighted by Crippen LogP contribution is -2.64. The summed E-state index contributed by atoms with van der Waals surface area (Å²) in [7, 11) is 0. The third-order valence-corrected chi connectivity index (χ3v) is 8.46. The minimum atomic E-state index is 0.653. The van der Waals surface area contributed by atoms with Crippen LogP contribution in [0.4, 0.5) is 0 Å². The fourth-order valence-electron chi connectivity index (χ4n) is 6.77. The van der Waals surface area contributed by atoms with Crippen LogP contribution in [0.2, 0.25) is 0 Å². The van der Waals surface area contributed by atoms with Gasteiger partial charge >= 0.3 is 0 Å². The Kier molecular flexibility index (Phi) is 8.09. The van der Waals surface area contributed by atoms with Crippen LogP contribution in [-0.2, 0) is 0 Å². The number of likely N-dealkylation sites (tertiary alicyclic amines) is 2.